The average molecular weight is 503 g/mol. The van der Waals surface area contributed by atoms with Crippen LogP contribution in [0.25, 0.3) is 0 Å². The van der Waals surface area contributed by atoms with E-state index >= 15 is 0 Å². The molecule has 9 heteroatoms. The highest BCUT2D eigenvalue weighted by Gasteiger charge is 2.15. The first kappa shape index (κ1) is 27.2. The minimum Gasteiger partial charge on any atom is -0.446 e. The van der Waals surface area contributed by atoms with Crippen LogP contribution in [-0.4, -0.2) is 50.4 Å². The lowest BCUT2D eigenvalue weighted by Gasteiger charge is -2.20. The van der Waals surface area contributed by atoms with Crippen LogP contribution in [0.15, 0.2) is 75.3 Å². The molecule has 0 bridgehead atoms. The second kappa shape index (κ2) is 13.6. The first-order valence-corrected chi connectivity index (χ1v) is 12.5. The van der Waals surface area contributed by atoms with Crippen LogP contribution in [-0.2, 0) is 0 Å². The van der Waals surface area contributed by atoms with Gasteiger partial charge in [-0.25, -0.2) is 10.9 Å². The van der Waals surface area contributed by atoms with Gasteiger partial charge in [0.2, 0.25) is 0 Å². The van der Waals surface area contributed by atoms with Gasteiger partial charge in [0.15, 0.2) is 11.5 Å². The van der Waals surface area contributed by atoms with Gasteiger partial charge in [-0.2, -0.15) is 10.2 Å². The quantitative estimate of drug-likeness (QED) is 0.280. The lowest BCUT2D eigenvalue weighted by Crippen LogP contribution is -2.21. The Balaban J connectivity index is 1.50. The summed E-state index contributed by atoms with van der Waals surface area (Å²) in [6.45, 7) is 12.2. The largest absolute Gasteiger partial charge is 0.446 e. The Morgan fingerprint density at radius 3 is 1.32 bits per heavy atom. The normalized spacial score (nSPS) is 11.1. The third-order valence-electron chi connectivity index (χ3n) is 5.86. The molecule has 0 saturated heterocycles. The van der Waals surface area contributed by atoms with E-state index in [-0.39, 0.29) is 11.5 Å². The summed E-state index contributed by atoms with van der Waals surface area (Å²) < 4.78 is 5.36. The maximum absolute atomic E-state index is 12.3. The van der Waals surface area contributed by atoms with Crippen LogP contribution in [0, 0.1) is 0 Å². The molecule has 0 radical (unpaired) electrons. The summed E-state index contributed by atoms with van der Waals surface area (Å²) in [5, 5.41) is 7.95. The maximum atomic E-state index is 12.3. The molecule has 2 N–H and O–H groups in total. The average Bonchev–Trinajstić information content (AvgIpc) is 3.42. The van der Waals surface area contributed by atoms with Gasteiger partial charge in [-0.15, -0.1) is 0 Å². The van der Waals surface area contributed by atoms with Crippen molar-refractivity contribution >= 4 is 35.6 Å². The Labute approximate surface area is 217 Å². The second-order valence-electron chi connectivity index (χ2n) is 8.09. The second-order valence-corrected chi connectivity index (χ2v) is 8.09. The summed E-state index contributed by atoms with van der Waals surface area (Å²) in [5.41, 5.74) is 8.76. The SMILES string of the molecule is CCN(CC)c1ccc(/C=N/NC(=O)c2ccc(C(=O)N/N=C/c3ccc(N(CC)CC)cc3)o2)cc1. The van der Waals surface area contributed by atoms with E-state index in [1.807, 2.05) is 48.5 Å². The minimum absolute atomic E-state index is 0.0323. The number of carbonyl (C=O) groups excluding carboxylic acids is 2. The number of carbonyl (C=O) groups is 2. The maximum Gasteiger partial charge on any atom is 0.307 e. The molecule has 0 aliphatic heterocycles. The van der Waals surface area contributed by atoms with E-state index in [1.54, 1.807) is 12.4 Å². The predicted molar refractivity (Wildman–Crippen MR) is 149 cm³/mol. The van der Waals surface area contributed by atoms with E-state index in [2.05, 4.69) is 58.5 Å². The number of nitrogens with one attached hydrogen (secondary N) is 2. The van der Waals surface area contributed by atoms with E-state index < -0.39 is 11.8 Å². The van der Waals surface area contributed by atoms with Crippen molar-refractivity contribution < 1.29 is 14.0 Å². The van der Waals surface area contributed by atoms with Gasteiger partial charge in [0.05, 0.1) is 12.4 Å². The number of anilines is 2. The monoisotopic (exact) mass is 502 g/mol. The topological polar surface area (TPSA) is 103 Å². The Hall–Kier alpha value is -4.40. The van der Waals surface area contributed by atoms with Gasteiger partial charge in [0, 0.05) is 37.6 Å². The summed E-state index contributed by atoms with van der Waals surface area (Å²) in [5.74, 6) is -1.19. The number of nitrogens with zero attached hydrogens (tertiary/aromatic N) is 4. The molecule has 0 atom stereocenters. The zero-order chi connectivity index (χ0) is 26.6. The Morgan fingerprint density at radius 2 is 1.00 bits per heavy atom. The fourth-order valence-electron chi connectivity index (χ4n) is 3.74. The van der Waals surface area contributed by atoms with Crippen molar-refractivity contribution in [2.24, 2.45) is 10.2 Å². The van der Waals surface area contributed by atoms with Crippen LogP contribution in [0.2, 0.25) is 0 Å². The van der Waals surface area contributed by atoms with E-state index in [1.165, 1.54) is 12.1 Å². The fraction of sp³-hybridized carbons (Fsp3) is 0.286. The summed E-state index contributed by atoms with van der Waals surface area (Å²) in [7, 11) is 0. The number of hydrazone groups is 2. The Bertz CT molecular complexity index is 1110. The number of hydrogen-bond donors (Lipinski definition) is 2. The van der Waals surface area contributed by atoms with E-state index in [0.717, 1.165) is 48.7 Å². The van der Waals surface area contributed by atoms with E-state index in [0.29, 0.717) is 0 Å². The molecule has 0 saturated carbocycles. The molecule has 2 aromatic carbocycles. The van der Waals surface area contributed by atoms with Crippen molar-refractivity contribution in [3.63, 3.8) is 0 Å². The molecule has 2 amide bonds. The summed E-state index contributed by atoms with van der Waals surface area (Å²) >= 11 is 0. The smallest absolute Gasteiger partial charge is 0.307 e. The lowest BCUT2D eigenvalue weighted by atomic mass is 10.2. The minimum atomic E-state index is -0.563. The van der Waals surface area contributed by atoms with Crippen molar-refractivity contribution in [2.75, 3.05) is 36.0 Å². The van der Waals surface area contributed by atoms with E-state index in [9.17, 15) is 9.59 Å². The highest BCUT2D eigenvalue weighted by atomic mass is 16.4. The molecule has 0 aliphatic carbocycles. The van der Waals surface area contributed by atoms with Crippen molar-refractivity contribution in [3.8, 4) is 0 Å². The van der Waals surface area contributed by atoms with Crippen LogP contribution in [0.1, 0.15) is 59.9 Å². The molecule has 9 nitrogen and oxygen atoms in total. The number of furan rings is 1. The molecule has 0 unspecified atom stereocenters. The van der Waals surface area contributed by atoms with Gasteiger partial charge in [0.1, 0.15) is 0 Å². The van der Waals surface area contributed by atoms with Gasteiger partial charge < -0.3 is 14.2 Å². The molecule has 0 aliphatic rings. The highest BCUT2D eigenvalue weighted by Crippen LogP contribution is 2.15. The van der Waals surface area contributed by atoms with Gasteiger partial charge >= 0.3 is 11.8 Å². The first-order valence-electron chi connectivity index (χ1n) is 12.5. The van der Waals surface area contributed by atoms with Crippen molar-refractivity contribution in [1.82, 2.24) is 10.9 Å². The summed E-state index contributed by atoms with van der Waals surface area (Å²) in [4.78, 5) is 29.1. The van der Waals surface area contributed by atoms with Gasteiger partial charge in [0.25, 0.3) is 0 Å². The van der Waals surface area contributed by atoms with Crippen LogP contribution in [0.3, 0.4) is 0 Å². The molecule has 0 spiro atoms. The van der Waals surface area contributed by atoms with Crippen molar-refractivity contribution in [3.05, 3.63) is 83.3 Å². The van der Waals surface area contributed by atoms with E-state index in [4.69, 9.17) is 4.42 Å². The zero-order valence-electron chi connectivity index (χ0n) is 21.8. The number of benzene rings is 2. The molecule has 37 heavy (non-hydrogen) atoms. The molecule has 0 fully saturated rings. The standard InChI is InChI=1S/C28H34N6O3/c1-5-33(6-2)23-13-9-21(10-14-23)19-29-31-27(35)25-17-18-26(37-25)28(36)32-30-20-22-11-15-24(16-12-22)34(7-3)8-4/h9-20H,5-8H2,1-4H3,(H,31,35)(H,32,36)/b29-19+,30-20+. The van der Waals surface area contributed by atoms with Gasteiger partial charge in [-0.3, -0.25) is 9.59 Å². The Kier molecular flexibility index (Phi) is 10.0. The number of hydrogen-bond acceptors (Lipinski definition) is 7. The fourth-order valence-corrected chi connectivity index (χ4v) is 3.74. The molecule has 3 rings (SSSR count). The lowest BCUT2D eigenvalue weighted by molar-refractivity contribution is 0.0902. The molecule has 194 valence electrons. The van der Waals surface area contributed by atoms with Crippen LogP contribution in [0.4, 0.5) is 11.4 Å². The molecular formula is C28H34N6O3. The Morgan fingerprint density at radius 1 is 0.649 bits per heavy atom. The highest BCUT2D eigenvalue weighted by molar-refractivity contribution is 5.96. The number of rotatable bonds is 12. The molecule has 1 aromatic heterocycles. The summed E-state index contributed by atoms with van der Waals surface area (Å²) in [6.07, 6.45) is 3.09. The predicted octanol–water partition coefficient (Wildman–Crippen LogP) is 4.50. The molecular weight excluding hydrogens is 468 g/mol. The van der Waals surface area contributed by atoms with Crippen molar-refractivity contribution in [1.29, 1.82) is 0 Å². The van der Waals surface area contributed by atoms with Crippen molar-refractivity contribution in [2.45, 2.75) is 27.7 Å². The summed E-state index contributed by atoms with van der Waals surface area (Å²) in [6, 6.07) is 18.6. The third kappa shape index (κ3) is 7.54. The van der Waals surface area contributed by atoms with Crippen LogP contribution in [0.5, 0.6) is 0 Å². The van der Waals surface area contributed by atoms with Gasteiger partial charge in [-0.05, 0) is 75.2 Å². The molecule has 3 aromatic rings. The number of amides is 2. The zero-order valence-corrected chi connectivity index (χ0v) is 21.8. The van der Waals surface area contributed by atoms with Crippen LogP contribution < -0.4 is 20.7 Å². The van der Waals surface area contributed by atoms with Crippen LogP contribution >= 0.6 is 0 Å². The first-order chi connectivity index (χ1) is 18.0. The third-order valence-corrected chi connectivity index (χ3v) is 5.86. The molecule has 1 heterocycles. The van der Waals surface area contributed by atoms with Gasteiger partial charge in [-0.1, -0.05) is 24.3 Å².